The topological polar surface area (TPSA) is 118 Å². The minimum atomic E-state index is -0.685. The van der Waals surface area contributed by atoms with E-state index >= 15 is 0 Å². The van der Waals surface area contributed by atoms with Crippen LogP contribution < -0.4 is 10.9 Å². The molecule has 3 heterocycles. The Morgan fingerprint density at radius 2 is 1.88 bits per heavy atom. The van der Waals surface area contributed by atoms with Gasteiger partial charge in [0.1, 0.15) is 5.65 Å². The van der Waals surface area contributed by atoms with Gasteiger partial charge in [0.05, 0.1) is 31.0 Å². The minimum absolute atomic E-state index is 0.0365. The van der Waals surface area contributed by atoms with Crippen molar-refractivity contribution in [2.24, 2.45) is 5.92 Å². The average molecular weight is 472 g/mol. The summed E-state index contributed by atoms with van der Waals surface area (Å²) < 4.78 is 8.20. The number of aromatic hydroxyl groups is 1. The van der Waals surface area contributed by atoms with Crippen molar-refractivity contribution in [1.82, 2.24) is 24.4 Å². The SMILES string of the molecule is Cc1nn2c(=O)c(C(=O)NC3CC3)c(O)n(CC(C)C)c2c1/C=C/C(=O)N1[C@@H](C)COC[C@@H]1C. The van der Waals surface area contributed by atoms with E-state index in [0.29, 0.717) is 36.7 Å². The van der Waals surface area contributed by atoms with Crippen LogP contribution in [0.2, 0.25) is 0 Å². The van der Waals surface area contributed by atoms with E-state index in [1.165, 1.54) is 10.6 Å². The summed E-state index contributed by atoms with van der Waals surface area (Å²) in [4.78, 5) is 40.8. The predicted octanol–water partition coefficient (Wildman–Crippen LogP) is 1.71. The fourth-order valence-electron chi connectivity index (χ4n) is 4.46. The van der Waals surface area contributed by atoms with E-state index in [0.717, 1.165) is 17.4 Å². The molecule has 2 N–H and O–H groups in total. The normalized spacial score (nSPS) is 21.1. The zero-order chi connectivity index (χ0) is 24.7. The second kappa shape index (κ2) is 9.25. The molecule has 184 valence electrons. The van der Waals surface area contributed by atoms with Crippen LogP contribution in [0.3, 0.4) is 0 Å². The minimum Gasteiger partial charge on any atom is -0.494 e. The zero-order valence-corrected chi connectivity index (χ0v) is 20.4. The number of nitrogens with one attached hydrogen (secondary N) is 1. The Labute approximate surface area is 198 Å². The molecule has 10 heteroatoms. The Morgan fingerprint density at radius 1 is 1.24 bits per heavy atom. The van der Waals surface area contributed by atoms with Crippen molar-refractivity contribution in [2.75, 3.05) is 13.2 Å². The van der Waals surface area contributed by atoms with Crippen LogP contribution in [0.1, 0.15) is 62.2 Å². The summed E-state index contributed by atoms with van der Waals surface area (Å²) in [5.74, 6) is -1.04. The van der Waals surface area contributed by atoms with Crippen LogP contribution in [0, 0.1) is 12.8 Å². The molecule has 1 aliphatic carbocycles. The van der Waals surface area contributed by atoms with Crippen LogP contribution in [0.5, 0.6) is 5.88 Å². The predicted molar refractivity (Wildman–Crippen MR) is 127 cm³/mol. The van der Waals surface area contributed by atoms with Crippen molar-refractivity contribution in [3.05, 3.63) is 33.3 Å². The van der Waals surface area contributed by atoms with Crippen LogP contribution in [-0.4, -0.2) is 67.3 Å². The lowest BCUT2D eigenvalue weighted by Crippen LogP contribution is -2.51. The summed E-state index contributed by atoms with van der Waals surface area (Å²) in [6.07, 6.45) is 4.82. The Bertz CT molecular complexity index is 1200. The van der Waals surface area contributed by atoms with E-state index in [9.17, 15) is 19.5 Å². The molecule has 0 aromatic carbocycles. The molecule has 2 aliphatic rings. The number of hydrogen-bond donors (Lipinski definition) is 2. The number of aromatic nitrogens is 3. The molecule has 4 rings (SSSR count). The third-order valence-corrected chi connectivity index (χ3v) is 6.22. The van der Waals surface area contributed by atoms with Gasteiger partial charge in [0, 0.05) is 24.2 Å². The molecule has 10 nitrogen and oxygen atoms in total. The highest BCUT2D eigenvalue weighted by molar-refractivity contribution is 5.97. The molecule has 2 fully saturated rings. The summed E-state index contributed by atoms with van der Waals surface area (Å²) in [6.45, 7) is 10.9. The zero-order valence-electron chi connectivity index (χ0n) is 20.4. The quantitative estimate of drug-likeness (QED) is 0.620. The summed E-state index contributed by atoms with van der Waals surface area (Å²) >= 11 is 0. The molecule has 2 amide bonds. The molecular weight excluding hydrogens is 438 g/mol. The number of fused-ring (bicyclic) bond motifs is 1. The highest BCUT2D eigenvalue weighted by Crippen LogP contribution is 2.26. The monoisotopic (exact) mass is 471 g/mol. The van der Waals surface area contributed by atoms with Gasteiger partial charge >= 0.3 is 0 Å². The van der Waals surface area contributed by atoms with Gasteiger partial charge in [-0.25, -0.2) is 0 Å². The molecule has 1 aliphatic heterocycles. The largest absolute Gasteiger partial charge is 0.494 e. The van der Waals surface area contributed by atoms with E-state index in [2.05, 4.69) is 10.4 Å². The second-order valence-electron chi connectivity index (χ2n) is 9.80. The maximum Gasteiger partial charge on any atom is 0.291 e. The number of rotatable bonds is 6. The first kappa shape index (κ1) is 24.0. The Morgan fingerprint density at radius 3 is 2.47 bits per heavy atom. The lowest BCUT2D eigenvalue weighted by molar-refractivity contribution is -0.138. The number of aryl methyl sites for hydroxylation is 1. The van der Waals surface area contributed by atoms with Gasteiger partial charge in [-0.3, -0.25) is 19.0 Å². The van der Waals surface area contributed by atoms with E-state index < -0.39 is 11.5 Å². The lowest BCUT2D eigenvalue weighted by atomic mass is 10.1. The third kappa shape index (κ3) is 4.46. The maximum absolute atomic E-state index is 13.2. The van der Waals surface area contributed by atoms with Gasteiger partial charge in [-0.2, -0.15) is 9.61 Å². The summed E-state index contributed by atoms with van der Waals surface area (Å²) in [5, 5.41) is 18.2. The van der Waals surface area contributed by atoms with E-state index in [4.69, 9.17) is 4.74 Å². The number of carbonyl (C=O) groups is 2. The second-order valence-corrected chi connectivity index (χ2v) is 9.80. The molecule has 2 atom stereocenters. The molecule has 1 saturated heterocycles. The van der Waals surface area contributed by atoms with Gasteiger partial charge < -0.3 is 20.1 Å². The van der Waals surface area contributed by atoms with Crippen molar-refractivity contribution >= 4 is 23.5 Å². The molecular formula is C24H33N5O5. The van der Waals surface area contributed by atoms with Gasteiger partial charge in [0.25, 0.3) is 11.5 Å². The summed E-state index contributed by atoms with van der Waals surface area (Å²) in [6, 6.07) is -0.0717. The van der Waals surface area contributed by atoms with E-state index in [1.807, 2.05) is 27.7 Å². The first-order valence-corrected chi connectivity index (χ1v) is 11.8. The number of ether oxygens (including phenoxy) is 1. The summed E-state index contributed by atoms with van der Waals surface area (Å²) in [7, 11) is 0. The van der Waals surface area contributed by atoms with E-state index in [-0.39, 0.29) is 41.4 Å². The molecule has 2 aromatic rings. The van der Waals surface area contributed by atoms with Crippen LogP contribution in [-0.2, 0) is 16.1 Å². The van der Waals surface area contributed by atoms with Gasteiger partial charge in [-0.1, -0.05) is 13.8 Å². The first-order valence-electron chi connectivity index (χ1n) is 11.8. The van der Waals surface area contributed by atoms with Crippen molar-refractivity contribution in [3.8, 4) is 5.88 Å². The molecule has 0 bridgehead atoms. The van der Waals surface area contributed by atoms with Crippen LogP contribution >= 0.6 is 0 Å². The van der Waals surface area contributed by atoms with Crippen molar-refractivity contribution in [2.45, 2.75) is 72.1 Å². The van der Waals surface area contributed by atoms with Gasteiger partial charge in [0.2, 0.25) is 11.8 Å². The first-order chi connectivity index (χ1) is 16.1. The van der Waals surface area contributed by atoms with Crippen molar-refractivity contribution in [1.29, 1.82) is 0 Å². The van der Waals surface area contributed by atoms with Crippen molar-refractivity contribution in [3.63, 3.8) is 0 Å². The number of carbonyl (C=O) groups excluding carboxylic acids is 2. The Kier molecular flexibility index (Phi) is 6.53. The number of amides is 2. The lowest BCUT2D eigenvalue weighted by Gasteiger charge is -2.38. The third-order valence-electron chi connectivity index (χ3n) is 6.22. The van der Waals surface area contributed by atoms with Gasteiger partial charge in [-0.15, -0.1) is 0 Å². The number of nitrogens with zero attached hydrogens (tertiary/aromatic N) is 4. The Hall–Kier alpha value is -3.14. The molecule has 2 aromatic heterocycles. The summed E-state index contributed by atoms with van der Waals surface area (Å²) in [5.41, 5.74) is 0.411. The molecule has 0 spiro atoms. The highest BCUT2D eigenvalue weighted by atomic mass is 16.5. The average Bonchev–Trinajstić information content (AvgIpc) is 3.50. The fourth-order valence-corrected chi connectivity index (χ4v) is 4.46. The van der Waals surface area contributed by atoms with E-state index in [1.54, 1.807) is 17.9 Å². The van der Waals surface area contributed by atoms with Crippen molar-refractivity contribution < 1.29 is 19.4 Å². The molecule has 34 heavy (non-hydrogen) atoms. The van der Waals surface area contributed by atoms with Gasteiger partial charge in [0.15, 0.2) is 5.56 Å². The number of morpholine rings is 1. The van der Waals surface area contributed by atoms with Crippen LogP contribution in [0.25, 0.3) is 11.7 Å². The Balaban J connectivity index is 1.81. The standard InChI is InChI=1S/C24H33N5O5/c1-13(2)10-27-22-18(8-9-19(30)28-14(3)11-34-12-15(28)4)16(5)26-29(22)24(33)20(23(27)32)21(31)25-17-6-7-17/h8-9,13-15,17,32H,6-7,10-12H2,1-5H3,(H,25,31)/b9-8+/t14-,15-/m0/s1. The highest BCUT2D eigenvalue weighted by Gasteiger charge is 2.31. The fraction of sp³-hybridized carbons (Fsp3) is 0.583. The van der Waals surface area contributed by atoms with Crippen LogP contribution in [0.4, 0.5) is 0 Å². The smallest absolute Gasteiger partial charge is 0.291 e. The van der Waals surface area contributed by atoms with Crippen LogP contribution in [0.15, 0.2) is 10.9 Å². The maximum atomic E-state index is 13.2. The molecule has 0 unspecified atom stereocenters. The molecule has 1 saturated carbocycles. The van der Waals surface area contributed by atoms with Gasteiger partial charge in [-0.05, 0) is 45.6 Å². The number of hydrogen-bond acceptors (Lipinski definition) is 6. The molecule has 0 radical (unpaired) electrons.